The zero-order valence-electron chi connectivity index (χ0n) is 10.9. The highest BCUT2D eigenvalue weighted by atomic mass is 35.5. The highest BCUT2D eigenvalue weighted by Gasteiger charge is 2.20. The Bertz CT molecular complexity index is 478. The smallest absolute Gasteiger partial charge is 0.141 e. The summed E-state index contributed by atoms with van der Waals surface area (Å²) in [6.07, 6.45) is 0. The van der Waals surface area contributed by atoms with Gasteiger partial charge in [0.2, 0.25) is 0 Å². The van der Waals surface area contributed by atoms with Crippen LogP contribution in [0.25, 0.3) is 0 Å². The number of hydrogen-bond donors (Lipinski definition) is 0. The molecule has 0 radical (unpaired) electrons. The molecule has 1 unspecified atom stereocenters. The van der Waals surface area contributed by atoms with E-state index in [1.807, 2.05) is 6.92 Å². The molecule has 102 valence electrons. The van der Waals surface area contributed by atoms with Gasteiger partial charge in [0.05, 0.1) is 17.1 Å². The van der Waals surface area contributed by atoms with E-state index in [0.29, 0.717) is 0 Å². The number of nitriles is 1. The maximum absolute atomic E-state index is 13.1. The van der Waals surface area contributed by atoms with Crippen molar-refractivity contribution in [2.24, 2.45) is 0 Å². The number of nitrogens with zero attached hydrogens (tertiary/aromatic N) is 3. The summed E-state index contributed by atoms with van der Waals surface area (Å²) in [6.45, 7) is 6.32. The minimum Gasteiger partial charge on any atom is -0.297 e. The second-order valence-electron chi connectivity index (χ2n) is 4.87. The lowest BCUT2D eigenvalue weighted by molar-refractivity contribution is 0.114. The highest BCUT2D eigenvalue weighted by Crippen LogP contribution is 2.18. The van der Waals surface area contributed by atoms with Crippen LogP contribution in [0.4, 0.5) is 4.39 Å². The fourth-order valence-corrected chi connectivity index (χ4v) is 2.49. The Morgan fingerprint density at radius 1 is 1.37 bits per heavy atom. The fourth-order valence-electron chi connectivity index (χ4n) is 2.29. The zero-order chi connectivity index (χ0) is 13.8. The Labute approximate surface area is 118 Å². The van der Waals surface area contributed by atoms with Gasteiger partial charge in [0.25, 0.3) is 0 Å². The largest absolute Gasteiger partial charge is 0.297 e. The van der Waals surface area contributed by atoms with E-state index in [-0.39, 0.29) is 16.9 Å². The van der Waals surface area contributed by atoms with E-state index in [4.69, 9.17) is 16.9 Å². The van der Waals surface area contributed by atoms with Crippen molar-refractivity contribution in [2.45, 2.75) is 19.5 Å². The Morgan fingerprint density at radius 2 is 2.05 bits per heavy atom. The molecule has 1 fully saturated rings. The maximum Gasteiger partial charge on any atom is 0.141 e. The van der Waals surface area contributed by atoms with Crippen molar-refractivity contribution >= 4 is 11.6 Å². The molecule has 0 spiro atoms. The normalized spacial score (nSPS) is 19.1. The van der Waals surface area contributed by atoms with E-state index in [1.165, 1.54) is 6.07 Å². The Morgan fingerprint density at radius 3 is 2.63 bits per heavy atom. The third-order valence-electron chi connectivity index (χ3n) is 3.53. The fraction of sp³-hybridized carbons (Fsp3) is 0.500. The summed E-state index contributed by atoms with van der Waals surface area (Å²) >= 11 is 5.78. The van der Waals surface area contributed by atoms with Crippen LogP contribution < -0.4 is 0 Å². The Balaban J connectivity index is 1.89. The van der Waals surface area contributed by atoms with Crippen LogP contribution in [0.3, 0.4) is 0 Å². The molecule has 1 atom stereocenters. The van der Waals surface area contributed by atoms with Crippen LogP contribution in [-0.2, 0) is 6.54 Å². The molecule has 0 N–H and O–H groups in total. The Kier molecular flexibility index (Phi) is 4.76. The molecule has 1 aliphatic heterocycles. The third-order valence-corrected chi connectivity index (χ3v) is 3.82. The van der Waals surface area contributed by atoms with Crippen molar-refractivity contribution in [2.75, 3.05) is 26.2 Å². The number of benzene rings is 1. The van der Waals surface area contributed by atoms with E-state index in [9.17, 15) is 4.39 Å². The van der Waals surface area contributed by atoms with Crippen LogP contribution >= 0.6 is 11.6 Å². The van der Waals surface area contributed by atoms with Crippen LogP contribution in [0.15, 0.2) is 18.2 Å². The standard InChI is InChI=1S/C14H17ClFN3/c1-11(9-17)19-6-4-18(5-7-19)10-12-2-3-14(16)13(15)8-12/h2-3,8,11H,4-7,10H2,1H3. The van der Waals surface area contributed by atoms with E-state index in [1.54, 1.807) is 12.1 Å². The van der Waals surface area contributed by atoms with Crippen LogP contribution in [0.2, 0.25) is 5.02 Å². The second-order valence-corrected chi connectivity index (χ2v) is 5.27. The first kappa shape index (κ1) is 14.3. The molecule has 19 heavy (non-hydrogen) atoms. The minimum atomic E-state index is -0.377. The molecule has 1 heterocycles. The van der Waals surface area contributed by atoms with Gasteiger partial charge >= 0.3 is 0 Å². The Hall–Kier alpha value is -1.15. The van der Waals surface area contributed by atoms with Gasteiger partial charge in [-0.05, 0) is 24.6 Å². The maximum atomic E-state index is 13.1. The molecular weight excluding hydrogens is 265 g/mol. The van der Waals surface area contributed by atoms with E-state index < -0.39 is 0 Å². The number of piperazine rings is 1. The number of halogens is 2. The van der Waals surface area contributed by atoms with Gasteiger partial charge in [-0.15, -0.1) is 0 Å². The SMILES string of the molecule is CC(C#N)N1CCN(Cc2ccc(F)c(Cl)c2)CC1. The van der Waals surface area contributed by atoms with Crippen molar-refractivity contribution in [3.05, 3.63) is 34.6 Å². The molecule has 1 aromatic rings. The minimum absolute atomic E-state index is 0.0255. The van der Waals surface area contributed by atoms with Crippen molar-refractivity contribution in [3.8, 4) is 6.07 Å². The van der Waals surface area contributed by atoms with E-state index >= 15 is 0 Å². The number of rotatable bonds is 3. The molecule has 2 rings (SSSR count). The monoisotopic (exact) mass is 281 g/mol. The first-order chi connectivity index (χ1) is 9.10. The molecule has 1 saturated heterocycles. The van der Waals surface area contributed by atoms with Crippen LogP contribution in [0.5, 0.6) is 0 Å². The average molecular weight is 282 g/mol. The predicted molar refractivity (Wildman–Crippen MR) is 73.3 cm³/mol. The van der Waals surface area contributed by atoms with Crippen LogP contribution in [-0.4, -0.2) is 42.0 Å². The van der Waals surface area contributed by atoms with Gasteiger partial charge in [0, 0.05) is 32.7 Å². The van der Waals surface area contributed by atoms with Gasteiger partial charge in [0.1, 0.15) is 5.82 Å². The van der Waals surface area contributed by atoms with Crippen molar-refractivity contribution < 1.29 is 4.39 Å². The quantitative estimate of drug-likeness (QED) is 0.853. The molecule has 1 aliphatic rings. The van der Waals surface area contributed by atoms with E-state index in [0.717, 1.165) is 38.3 Å². The molecule has 0 saturated carbocycles. The molecule has 0 aliphatic carbocycles. The summed E-state index contributed by atoms with van der Waals surface area (Å²) in [4.78, 5) is 4.47. The first-order valence-corrected chi connectivity index (χ1v) is 6.78. The third kappa shape index (κ3) is 3.66. The zero-order valence-corrected chi connectivity index (χ0v) is 11.7. The van der Waals surface area contributed by atoms with Gasteiger partial charge in [-0.3, -0.25) is 9.80 Å². The second kappa shape index (κ2) is 6.33. The molecule has 1 aromatic carbocycles. The van der Waals surface area contributed by atoms with Gasteiger partial charge in [-0.1, -0.05) is 17.7 Å². The molecule has 0 amide bonds. The lowest BCUT2D eigenvalue weighted by Gasteiger charge is -2.35. The predicted octanol–water partition coefficient (Wildman–Crippen LogP) is 2.51. The summed E-state index contributed by atoms with van der Waals surface area (Å²) < 4.78 is 13.1. The van der Waals surface area contributed by atoms with Crippen molar-refractivity contribution in [3.63, 3.8) is 0 Å². The summed E-state index contributed by atoms with van der Waals surface area (Å²) in [6, 6.07) is 7.10. The molecular formula is C14H17ClFN3. The van der Waals surface area contributed by atoms with Gasteiger partial charge in [-0.25, -0.2) is 4.39 Å². The summed E-state index contributed by atoms with van der Waals surface area (Å²) in [7, 11) is 0. The lowest BCUT2D eigenvalue weighted by atomic mass is 10.2. The molecule has 0 aromatic heterocycles. The lowest BCUT2D eigenvalue weighted by Crippen LogP contribution is -2.48. The average Bonchev–Trinajstić information content (AvgIpc) is 2.43. The van der Waals surface area contributed by atoms with Crippen molar-refractivity contribution in [1.29, 1.82) is 5.26 Å². The summed E-state index contributed by atoms with van der Waals surface area (Å²) in [5, 5.41) is 9.06. The first-order valence-electron chi connectivity index (χ1n) is 6.40. The van der Waals surface area contributed by atoms with Gasteiger partial charge in [-0.2, -0.15) is 5.26 Å². The summed E-state index contributed by atoms with van der Waals surface area (Å²) in [5.41, 5.74) is 1.02. The topological polar surface area (TPSA) is 30.3 Å². The van der Waals surface area contributed by atoms with E-state index in [2.05, 4.69) is 15.9 Å². The van der Waals surface area contributed by atoms with Crippen LogP contribution in [0, 0.1) is 17.1 Å². The summed E-state index contributed by atoms with van der Waals surface area (Å²) in [5.74, 6) is -0.377. The van der Waals surface area contributed by atoms with Gasteiger partial charge in [0.15, 0.2) is 0 Å². The highest BCUT2D eigenvalue weighted by molar-refractivity contribution is 6.30. The van der Waals surface area contributed by atoms with Crippen molar-refractivity contribution in [1.82, 2.24) is 9.80 Å². The molecule has 5 heteroatoms. The van der Waals surface area contributed by atoms with Crippen LogP contribution in [0.1, 0.15) is 12.5 Å². The number of hydrogen-bond acceptors (Lipinski definition) is 3. The molecule has 3 nitrogen and oxygen atoms in total. The van der Waals surface area contributed by atoms with Gasteiger partial charge < -0.3 is 0 Å². The molecule has 0 bridgehead atoms.